The number of nitrogens with zero attached hydrogens (tertiary/aromatic N) is 6. The van der Waals surface area contributed by atoms with E-state index in [4.69, 9.17) is 4.74 Å². The van der Waals surface area contributed by atoms with Crippen molar-refractivity contribution in [3.63, 3.8) is 0 Å². The quantitative estimate of drug-likeness (QED) is 0.632. The van der Waals surface area contributed by atoms with Crippen LogP contribution < -0.4 is 0 Å². The maximum absolute atomic E-state index is 5.13. The van der Waals surface area contributed by atoms with Crippen molar-refractivity contribution in [1.82, 2.24) is 30.4 Å². The zero-order chi connectivity index (χ0) is 10.3. The summed E-state index contributed by atoms with van der Waals surface area (Å²) >= 11 is 0. The van der Waals surface area contributed by atoms with Gasteiger partial charge in [0.05, 0.1) is 12.3 Å². The van der Waals surface area contributed by atoms with Crippen molar-refractivity contribution in [2.24, 2.45) is 0 Å². The van der Waals surface area contributed by atoms with Gasteiger partial charge in [0.1, 0.15) is 12.4 Å². The minimum Gasteiger partial charge on any atom is -0.366 e. The molecule has 76 valence electrons. The summed E-state index contributed by atoms with van der Waals surface area (Å²) < 4.78 is 6.62. The molecule has 0 aliphatic carbocycles. The molecule has 1 aliphatic rings. The second kappa shape index (κ2) is 3.06. The summed E-state index contributed by atoms with van der Waals surface area (Å²) in [5.74, 6) is 0.643. The number of hydrogen-bond acceptors (Lipinski definition) is 6. The van der Waals surface area contributed by atoms with E-state index in [0.717, 1.165) is 17.9 Å². The van der Waals surface area contributed by atoms with Gasteiger partial charge in [0.2, 0.25) is 0 Å². The van der Waals surface area contributed by atoms with Crippen molar-refractivity contribution in [2.45, 2.75) is 13.0 Å². The van der Waals surface area contributed by atoms with Crippen LogP contribution in [0.25, 0.3) is 5.82 Å². The normalized spacial score (nSPS) is 19.1. The van der Waals surface area contributed by atoms with E-state index in [1.807, 2.05) is 13.0 Å². The van der Waals surface area contributed by atoms with Crippen LogP contribution in [0.1, 0.15) is 17.4 Å². The molecule has 3 heterocycles. The van der Waals surface area contributed by atoms with E-state index in [-0.39, 0.29) is 6.10 Å². The Morgan fingerprint density at radius 3 is 2.93 bits per heavy atom. The molecule has 1 unspecified atom stereocenters. The van der Waals surface area contributed by atoms with Gasteiger partial charge in [-0.1, -0.05) is 0 Å². The lowest BCUT2D eigenvalue weighted by atomic mass is 10.2. The summed E-state index contributed by atoms with van der Waals surface area (Å²) in [7, 11) is 0. The molecule has 15 heavy (non-hydrogen) atoms. The molecule has 7 nitrogen and oxygen atoms in total. The topological polar surface area (TPSA) is 81.9 Å². The highest BCUT2D eigenvalue weighted by Crippen LogP contribution is 2.28. The Morgan fingerprint density at radius 1 is 1.47 bits per heavy atom. The Bertz CT molecular complexity index is 478. The molecule has 0 amide bonds. The van der Waals surface area contributed by atoms with Crippen LogP contribution in [0.4, 0.5) is 0 Å². The van der Waals surface area contributed by atoms with E-state index in [1.54, 1.807) is 0 Å². The van der Waals surface area contributed by atoms with Crippen molar-refractivity contribution in [1.29, 1.82) is 0 Å². The first kappa shape index (κ1) is 8.42. The largest absolute Gasteiger partial charge is 0.366 e. The van der Waals surface area contributed by atoms with E-state index in [1.165, 1.54) is 11.0 Å². The van der Waals surface area contributed by atoms with E-state index in [0.29, 0.717) is 5.82 Å². The second-order valence-electron chi connectivity index (χ2n) is 3.35. The summed E-state index contributed by atoms with van der Waals surface area (Å²) in [6, 6.07) is 1.95. The predicted octanol–water partition coefficient (Wildman–Crippen LogP) is -0.168. The lowest BCUT2D eigenvalue weighted by Crippen LogP contribution is -2.05. The lowest BCUT2D eigenvalue weighted by molar-refractivity contribution is 0.409. The highest BCUT2D eigenvalue weighted by molar-refractivity contribution is 5.31. The number of epoxide rings is 1. The van der Waals surface area contributed by atoms with Gasteiger partial charge in [-0.05, 0) is 29.0 Å². The fourth-order valence-electron chi connectivity index (χ4n) is 1.36. The van der Waals surface area contributed by atoms with Crippen molar-refractivity contribution < 1.29 is 4.74 Å². The third-order valence-electron chi connectivity index (χ3n) is 2.21. The molecule has 1 atom stereocenters. The lowest BCUT2D eigenvalue weighted by Gasteiger charge is -2.02. The van der Waals surface area contributed by atoms with E-state index < -0.39 is 0 Å². The third kappa shape index (κ3) is 1.46. The molecule has 0 bridgehead atoms. The number of ether oxygens (including phenoxy) is 1. The summed E-state index contributed by atoms with van der Waals surface area (Å²) in [5, 5.41) is 19.0. The van der Waals surface area contributed by atoms with Crippen LogP contribution in [0, 0.1) is 6.92 Å². The van der Waals surface area contributed by atoms with Gasteiger partial charge in [0, 0.05) is 0 Å². The fraction of sp³-hybridized carbons (Fsp3) is 0.375. The van der Waals surface area contributed by atoms with Gasteiger partial charge in [-0.25, -0.2) is 0 Å². The van der Waals surface area contributed by atoms with Crippen LogP contribution >= 0.6 is 0 Å². The number of tetrazole rings is 1. The second-order valence-corrected chi connectivity index (χ2v) is 3.35. The molecule has 7 heteroatoms. The number of hydrogen-bond donors (Lipinski definition) is 0. The molecule has 1 fully saturated rings. The number of aryl methyl sites for hydroxylation is 1. The highest BCUT2D eigenvalue weighted by atomic mass is 16.6. The van der Waals surface area contributed by atoms with Gasteiger partial charge in [-0.2, -0.15) is 9.78 Å². The van der Waals surface area contributed by atoms with Gasteiger partial charge >= 0.3 is 0 Å². The SMILES string of the molecule is Cc1cc(C2CO2)nnc1-n1cnnn1. The standard InChI is InChI=1S/C8H8N6O/c1-5-2-6(7-3-15-7)10-11-8(5)14-4-9-12-13-14/h2,4,7H,3H2,1H3. The molecular formula is C8H8N6O. The van der Waals surface area contributed by atoms with Crippen molar-refractivity contribution >= 4 is 0 Å². The third-order valence-corrected chi connectivity index (χ3v) is 2.21. The summed E-state index contributed by atoms with van der Waals surface area (Å²) in [4.78, 5) is 0. The zero-order valence-electron chi connectivity index (χ0n) is 8.03. The molecule has 2 aromatic rings. The highest BCUT2D eigenvalue weighted by Gasteiger charge is 2.27. The molecule has 0 aromatic carbocycles. The van der Waals surface area contributed by atoms with Gasteiger partial charge in [-0.3, -0.25) is 0 Å². The Kier molecular flexibility index (Phi) is 1.72. The van der Waals surface area contributed by atoms with Crippen molar-refractivity contribution in [2.75, 3.05) is 6.61 Å². The van der Waals surface area contributed by atoms with Gasteiger partial charge in [0.25, 0.3) is 0 Å². The van der Waals surface area contributed by atoms with Crippen molar-refractivity contribution in [3.8, 4) is 5.82 Å². The van der Waals surface area contributed by atoms with Gasteiger partial charge in [0.15, 0.2) is 5.82 Å². The Morgan fingerprint density at radius 2 is 2.33 bits per heavy atom. The first-order chi connectivity index (χ1) is 7.34. The molecule has 3 rings (SSSR count). The monoisotopic (exact) mass is 204 g/mol. The van der Waals surface area contributed by atoms with Crippen LogP contribution in [0.3, 0.4) is 0 Å². The minimum atomic E-state index is 0.124. The molecule has 0 saturated carbocycles. The fourth-order valence-corrected chi connectivity index (χ4v) is 1.36. The Balaban J connectivity index is 2.02. The number of rotatable bonds is 2. The number of aromatic nitrogens is 6. The summed E-state index contributed by atoms with van der Waals surface area (Å²) in [6.45, 7) is 2.68. The molecule has 1 aliphatic heterocycles. The maximum atomic E-state index is 5.13. The molecule has 2 aromatic heterocycles. The van der Waals surface area contributed by atoms with E-state index in [9.17, 15) is 0 Å². The van der Waals surface area contributed by atoms with Crippen LogP contribution in [-0.2, 0) is 4.74 Å². The zero-order valence-corrected chi connectivity index (χ0v) is 8.03. The van der Waals surface area contributed by atoms with E-state index >= 15 is 0 Å². The van der Waals surface area contributed by atoms with Gasteiger partial charge < -0.3 is 4.74 Å². The van der Waals surface area contributed by atoms with Crippen LogP contribution in [-0.4, -0.2) is 37.0 Å². The Labute approximate surface area is 85.1 Å². The van der Waals surface area contributed by atoms with Crippen LogP contribution in [0.2, 0.25) is 0 Å². The summed E-state index contributed by atoms with van der Waals surface area (Å²) in [5.41, 5.74) is 1.84. The first-order valence-corrected chi connectivity index (χ1v) is 4.54. The molecule has 0 radical (unpaired) electrons. The Hall–Kier alpha value is -1.89. The minimum absolute atomic E-state index is 0.124. The first-order valence-electron chi connectivity index (χ1n) is 4.54. The molecule has 0 N–H and O–H groups in total. The average molecular weight is 204 g/mol. The van der Waals surface area contributed by atoms with E-state index in [2.05, 4.69) is 25.7 Å². The summed E-state index contributed by atoms with van der Waals surface area (Å²) in [6.07, 6.45) is 1.61. The van der Waals surface area contributed by atoms with Crippen LogP contribution in [0.15, 0.2) is 12.4 Å². The molecule has 0 spiro atoms. The van der Waals surface area contributed by atoms with Gasteiger partial charge in [-0.15, -0.1) is 10.2 Å². The average Bonchev–Trinajstić information content (AvgIpc) is 2.95. The predicted molar refractivity (Wildman–Crippen MR) is 48.2 cm³/mol. The van der Waals surface area contributed by atoms with Crippen molar-refractivity contribution in [3.05, 3.63) is 23.7 Å². The smallest absolute Gasteiger partial charge is 0.182 e. The molecular weight excluding hydrogens is 196 g/mol. The van der Waals surface area contributed by atoms with Crippen LogP contribution in [0.5, 0.6) is 0 Å². The molecule has 1 saturated heterocycles. The maximum Gasteiger partial charge on any atom is 0.182 e.